The van der Waals surface area contributed by atoms with E-state index in [1.165, 1.54) is 0 Å². The van der Waals surface area contributed by atoms with Crippen LogP contribution in [0.1, 0.15) is 44.7 Å². The van der Waals surface area contributed by atoms with Crippen molar-refractivity contribution in [3.05, 3.63) is 23.1 Å². The molecule has 1 rings (SSSR count). The summed E-state index contributed by atoms with van der Waals surface area (Å²) in [5.41, 5.74) is 1.09. The molecule has 0 aliphatic rings. The van der Waals surface area contributed by atoms with Gasteiger partial charge in [0.15, 0.2) is 5.22 Å². The number of halogens is 1. The Kier molecular flexibility index (Phi) is 5.05. The zero-order valence-corrected chi connectivity index (χ0v) is 9.60. The molecular weight excluding hydrogens is 198 g/mol. The topological polar surface area (TPSA) is 25.2 Å². The van der Waals surface area contributed by atoms with Gasteiger partial charge in [-0.2, -0.15) is 0 Å². The minimum absolute atomic E-state index is 0.339. The average Bonchev–Trinajstić information content (AvgIpc) is 2.59. The average molecular weight is 216 g/mol. The van der Waals surface area contributed by atoms with Crippen LogP contribution in [0, 0.1) is 0 Å². The lowest BCUT2D eigenvalue weighted by atomic mass is 10.1. The number of rotatable bonds is 6. The Labute approximate surface area is 90.6 Å². The van der Waals surface area contributed by atoms with Gasteiger partial charge in [0.2, 0.25) is 0 Å². The van der Waals surface area contributed by atoms with E-state index in [2.05, 4.69) is 19.2 Å². The van der Waals surface area contributed by atoms with Crippen molar-refractivity contribution in [2.75, 3.05) is 6.54 Å². The molecular formula is C11H18ClNO. The van der Waals surface area contributed by atoms with Gasteiger partial charge in [0, 0.05) is 11.6 Å². The van der Waals surface area contributed by atoms with Crippen LogP contribution in [-0.2, 0) is 0 Å². The Morgan fingerprint density at radius 2 is 2.21 bits per heavy atom. The highest BCUT2D eigenvalue weighted by atomic mass is 35.5. The third-order valence-corrected chi connectivity index (χ3v) is 2.55. The van der Waals surface area contributed by atoms with Crippen molar-refractivity contribution in [1.82, 2.24) is 5.32 Å². The van der Waals surface area contributed by atoms with Gasteiger partial charge in [0.05, 0.1) is 6.26 Å². The van der Waals surface area contributed by atoms with E-state index in [-0.39, 0.29) is 0 Å². The predicted octanol–water partition coefficient (Wildman–Crippen LogP) is 3.77. The molecule has 1 aromatic heterocycles. The molecule has 2 nitrogen and oxygen atoms in total. The van der Waals surface area contributed by atoms with Crippen molar-refractivity contribution in [2.45, 2.75) is 39.2 Å². The number of nitrogens with one attached hydrogen (secondary N) is 1. The van der Waals surface area contributed by atoms with Crippen LogP contribution in [0.15, 0.2) is 16.7 Å². The Morgan fingerprint density at radius 1 is 1.43 bits per heavy atom. The molecule has 0 amide bonds. The summed E-state index contributed by atoms with van der Waals surface area (Å²) in [6.45, 7) is 5.35. The molecule has 0 saturated carbocycles. The van der Waals surface area contributed by atoms with E-state index in [4.69, 9.17) is 16.0 Å². The summed E-state index contributed by atoms with van der Waals surface area (Å²) in [6, 6.07) is 2.29. The van der Waals surface area contributed by atoms with Crippen molar-refractivity contribution in [2.24, 2.45) is 0 Å². The van der Waals surface area contributed by atoms with Crippen molar-refractivity contribution >= 4 is 11.6 Å². The van der Waals surface area contributed by atoms with Crippen LogP contribution in [0.2, 0.25) is 5.22 Å². The molecule has 80 valence electrons. The molecule has 0 fully saturated rings. The molecule has 0 aliphatic heterocycles. The van der Waals surface area contributed by atoms with E-state index in [1.807, 2.05) is 6.07 Å². The maximum absolute atomic E-state index is 5.94. The summed E-state index contributed by atoms with van der Waals surface area (Å²) < 4.78 is 5.10. The second kappa shape index (κ2) is 6.10. The third-order valence-electron chi connectivity index (χ3n) is 2.24. The minimum atomic E-state index is 0.339. The van der Waals surface area contributed by atoms with E-state index in [9.17, 15) is 0 Å². The van der Waals surface area contributed by atoms with E-state index < -0.39 is 0 Å². The summed E-state index contributed by atoms with van der Waals surface area (Å²) in [5.74, 6) is 0. The van der Waals surface area contributed by atoms with Gasteiger partial charge in [-0.3, -0.25) is 0 Å². The fraction of sp³-hybridized carbons (Fsp3) is 0.636. The zero-order valence-electron chi connectivity index (χ0n) is 8.85. The van der Waals surface area contributed by atoms with Crippen LogP contribution >= 0.6 is 11.6 Å². The molecule has 0 aliphatic carbocycles. The molecule has 1 aromatic rings. The number of furan rings is 1. The fourth-order valence-corrected chi connectivity index (χ4v) is 1.77. The zero-order chi connectivity index (χ0) is 10.4. The first-order chi connectivity index (χ1) is 6.79. The minimum Gasteiger partial charge on any atom is -0.453 e. The molecule has 0 radical (unpaired) electrons. The quantitative estimate of drug-likeness (QED) is 0.782. The lowest BCUT2D eigenvalue weighted by Gasteiger charge is -2.16. The van der Waals surface area contributed by atoms with Crippen molar-refractivity contribution in [3.63, 3.8) is 0 Å². The van der Waals surface area contributed by atoms with Gasteiger partial charge in [-0.25, -0.2) is 0 Å². The molecule has 1 unspecified atom stereocenters. The van der Waals surface area contributed by atoms with Gasteiger partial charge in [-0.05, 0) is 37.1 Å². The first kappa shape index (κ1) is 11.6. The Balaban J connectivity index is 2.62. The number of hydrogen-bond donors (Lipinski definition) is 1. The lowest BCUT2D eigenvalue weighted by molar-refractivity contribution is 0.484. The third kappa shape index (κ3) is 3.03. The van der Waals surface area contributed by atoms with E-state index in [0.717, 1.165) is 31.4 Å². The summed E-state index contributed by atoms with van der Waals surface area (Å²) in [6.07, 6.45) is 5.02. The standard InChI is InChI=1S/C11H18ClNO/c1-3-5-10(13-7-4-2)9-6-8-14-11(9)12/h6,8,10,13H,3-5,7H2,1-2H3. The summed E-state index contributed by atoms with van der Waals surface area (Å²) in [4.78, 5) is 0. The summed E-state index contributed by atoms with van der Waals surface area (Å²) in [7, 11) is 0. The van der Waals surface area contributed by atoms with Crippen LogP contribution in [-0.4, -0.2) is 6.54 Å². The van der Waals surface area contributed by atoms with Crippen LogP contribution in [0.5, 0.6) is 0 Å². The van der Waals surface area contributed by atoms with Gasteiger partial charge in [0.25, 0.3) is 0 Å². The summed E-state index contributed by atoms with van der Waals surface area (Å²) in [5, 5.41) is 3.99. The molecule has 0 saturated heterocycles. The smallest absolute Gasteiger partial charge is 0.197 e. The number of hydrogen-bond acceptors (Lipinski definition) is 2. The lowest BCUT2D eigenvalue weighted by Crippen LogP contribution is -2.21. The van der Waals surface area contributed by atoms with Crippen LogP contribution in [0.4, 0.5) is 0 Å². The maximum atomic E-state index is 5.94. The largest absolute Gasteiger partial charge is 0.453 e. The van der Waals surface area contributed by atoms with Crippen LogP contribution in [0.25, 0.3) is 0 Å². The van der Waals surface area contributed by atoms with E-state index in [1.54, 1.807) is 6.26 Å². The van der Waals surface area contributed by atoms with Gasteiger partial charge in [-0.15, -0.1) is 0 Å². The molecule has 1 N–H and O–H groups in total. The molecule has 0 bridgehead atoms. The SMILES string of the molecule is CCCNC(CCC)c1ccoc1Cl. The van der Waals surface area contributed by atoms with Gasteiger partial charge in [-0.1, -0.05) is 20.3 Å². The van der Waals surface area contributed by atoms with Crippen LogP contribution in [0.3, 0.4) is 0 Å². The van der Waals surface area contributed by atoms with Gasteiger partial charge < -0.3 is 9.73 Å². The van der Waals surface area contributed by atoms with Crippen LogP contribution < -0.4 is 5.32 Å². The Morgan fingerprint density at radius 3 is 2.71 bits per heavy atom. The van der Waals surface area contributed by atoms with Gasteiger partial charge >= 0.3 is 0 Å². The molecule has 3 heteroatoms. The first-order valence-electron chi connectivity index (χ1n) is 5.25. The maximum Gasteiger partial charge on any atom is 0.197 e. The van der Waals surface area contributed by atoms with Gasteiger partial charge in [0.1, 0.15) is 0 Å². The monoisotopic (exact) mass is 215 g/mol. The summed E-state index contributed by atoms with van der Waals surface area (Å²) >= 11 is 5.94. The van der Waals surface area contributed by atoms with Crippen molar-refractivity contribution in [1.29, 1.82) is 0 Å². The van der Waals surface area contributed by atoms with Crippen molar-refractivity contribution in [3.8, 4) is 0 Å². The normalized spacial score (nSPS) is 13.1. The second-order valence-electron chi connectivity index (χ2n) is 3.45. The fourth-order valence-electron chi connectivity index (χ4n) is 1.53. The van der Waals surface area contributed by atoms with E-state index >= 15 is 0 Å². The highest BCUT2D eigenvalue weighted by Crippen LogP contribution is 2.26. The van der Waals surface area contributed by atoms with E-state index in [0.29, 0.717) is 11.3 Å². The van der Waals surface area contributed by atoms with Crippen molar-refractivity contribution < 1.29 is 4.42 Å². The highest BCUT2D eigenvalue weighted by molar-refractivity contribution is 6.29. The second-order valence-corrected chi connectivity index (χ2v) is 3.79. The Hall–Kier alpha value is -0.470. The molecule has 0 aromatic carbocycles. The highest BCUT2D eigenvalue weighted by Gasteiger charge is 2.14. The predicted molar refractivity (Wildman–Crippen MR) is 59.7 cm³/mol. The molecule has 14 heavy (non-hydrogen) atoms. The first-order valence-corrected chi connectivity index (χ1v) is 5.63. The molecule has 0 spiro atoms. The molecule has 1 heterocycles. The molecule has 1 atom stereocenters. The Bertz CT molecular complexity index is 260.